The van der Waals surface area contributed by atoms with E-state index in [-0.39, 0.29) is 5.91 Å². The molecule has 0 aliphatic carbocycles. The van der Waals surface area contributed by atoms with Gasteiger partial charge < -0.3 is 15.5 Å². The Bertz CT molecular complexity index is 559. The van der Waals surface area contributed by atoms with Crippen LogP contribution in [-0.4, -0.2) is 5.91 Å². The van der Waals surface area contributed by atoms with Crippen molar-refractivity contribution in [2.75, 3.05) is 11.1 Å². The number of carbonyl (C=O) groups excluding carboxylic acids is 1. The largest absolute Gasteiger partial charge is 0.469 e. The van der Waals surface area contributed by atoms with Crippen LogP contribution in [-0.2, 0) is 11.2 Å². The molecule has 0 bridgehead atoms. The van der Waals surface area contributed by atoms with E-state index in [2.05, 4.69) is 5.32 Å². The van der Waals surface area contributed by atoms with Crippen molar-refractivity contribution in [2.24, 2.45) is 0 Å². The minimum atomic E-state index is -0.145. The zero-order chi connectivity index (χ0) is 13.8. The van der Waals surface area contributed by atoms with E-state index in [9.17, 15) is 4.79 Å². The highest BCUT2D eigenvalue weighted by Gasteiger charge is 2.08. The zero-order valence-corrected chi connectivity index (χ0v) is 11.5. The van der Waals surface area contributed by atoms with Crippen LogP contribution in [0.15, 0.2) is 34.9 Å². The lowest BCUT2D eigenvalue weighted by Crippen LogP contribution is -2.12. The maximum Gasteiger partial charge on any atom is 0.224 e. The van der Waals surface area contributed by atoms with E-state index in [0.717, 1.165) is 5.76 Å². The number of hydrogen-bond acceptors (Lipinski definition) is 3. The molecule has 0 spiro atoms. The lowest BCUT2D eigenvalue weighted by Gasteiger charge is -2.08. The number of nitrogen functional groups attached to an aromatic ring is 1. The second-order valence-corrected chi connectivity index (χ2v) is 4.80. The fourth-order valence-corrected chi connectivity index (χ4v) is 2.06. The molecule has 4 nitrogen and oxygen atoms in total. The molecule has 0 atom stereocenters. The number of carbonyl (C=O) groups is 1. The molecule has 0 saturated carbocycles. The van der Waals surface area contributed by atoms with Crippen molar-refractivity contribution >= 4 is 40.5 Å². The molecule has 1 aromatic carbocycles. The van der Waals surface area contributed by atoms with Gasteiger partial charge in [0, 0.05) is 18.5 Å². The van der Waals surface area contributed by atoms with E-state index in [1.165, 1.54) is 0 Å². The summed E-state index contributed by atoms with van der Waals surface area (Å²) in [4.78, 5) is 11.7. The van der Waals surface area contributed by atoms with E-state index >= 15 is 0 Å². The molecular formula is C13H12Cl2N2O2. The van der Waals surface area contributed by atoms with Gasteiger partial charge in [-0.3, -0.25) is 4.79 Å². The summed E-state index contributed by atoms with van der Waals surface area (Å²) in [5, 5.41) is 3.34. The SMILES string of the molecule is Nc1c(Cl)cc(NC(=O)CCc2ccco2)cc1Cl. The molecule has 2 aromatic rings. The Hall–Kier alpha value is -1.65. The lowest BCUT2D eigenvalue weighted by atomic mass is 10.2. The number of nitrogens with two attached hydrogens (primary N) is 1. The number of halogens is 2. The van der Waals surface area contributed by atoms with Gasteiger partial charge in [-0.15, -0.1) is 0 Å². The maximum atomic E-state index is 11.7. The number of nitrogens with one attached hydrogen (secondary N) is 1. The molecule has 1 aromatic heterocycles. The highest BCUT2D eigenvalue weighted by molar-refractivity contribution is 6.39. The molecule has 0 aliphatic rings. The second-order valence-electron chi connectivity index (χ2n) is 3.98. The minimum Gasteiger partial charge on any atom is -0.469 e. The molecule has 100 valence electrons. The topological polar surface area (TPSA) is 68.3 Å². The summed E-state index contributed by atoms with van der Waals surface area (Å²) in [7, 11) is 0. The summed E-state index contributed by atoms with van der Waals surface area (Å²) in [6, 6.07) is 6.73. The first-order valence-corrected chi connectivity index (χ1v) is 6.38. The van der Waals surface area contributed by atoms with Crippen LogP contribution in [0.2, 0.25) is 10.0 Å². The van der Waals surface area contributed by atoms with Crippen LogP contribution < -0.4 is 11.1 Å². The average Bonchev–Trinajstić information content (AvgIpc) is 2.86. The molecule has 2 rings (SSSR count). The Kier molecular flexibility index (Phi) is 4.35. The fourth-order valence-electron chi connectivity index (χ4n) is 1.57. The highest BCUT2D eigenvalue weighted by Crippen LogP contribution is 2.31. The van der Waals surface area contributed by atoms with Gasteiger partial charge in [-0.05, 0) is 24.3 Å². The van der Waals surface area contributed by atoms with Gasteiger partial charge in [0.05, 0.1) is 22.0 Å². The van der Waals surface area contributed by atoms with Crippen LogP contribution in [0.3, 0.4) is 0 Å². The Morgan fingerprint density at radius 3 is 2.58 bits per heavy atom. The molecule has 19 heavy (non-hydrogen) atoms. The van der Waals surface area contributed by atoms with Gasteiger partial charge in [0.1, 0.15) is 5.76 Å². The number of anilines is 2. The van der Waals surface area contributed by atoms with Crippen molar-refractivity contribution in [2.45, 2.75) is 12.8 Å². The summed E-state index contributed by atoms with van der Waals surface area (Å²) in [5.41, 5.74) is 6.44. The predicted octanol–water partition coefficient (Wildman–Crippen LogP) is 3.74. The second kappa shape index (κ2) is 5.99. The van der Waals surface area contributed by atoms with E-state index in [0.29, 0.717) is 34.3 Å². The van der Waals surface area contributed by atoms with Crippen molar-refractivity contribution in [1.82, 2.24) is 0 Å². The Morgan fingerprint density at radius 1 is 1.32 bits per heavy atom. The van der Waals surface area contributed by atoms with Crippen molar-refractivity contribution in [3.8, 4) is 0 Å². The summed E-state index contributed by atoms with van der Waals surface area (Å²) < 4.78 is 5.15. The van der Waals surface area contributed by atoms with Crippen LogP contribution >= 0.6 is 23.2 Å². The number of hydrogen-bond donors (Lipinski definition) is 2. The molecule has 0 aliphatic heterocycles. The van der Waals surface area contributed by atoms with Crippen LogP contribution in [0.1, 0.15) is 12.2 Å². The summed E-state index contributed by atoms with van der Waals surface area (Å²) >= 11 is 11.8. The van der Waals surface area contributed by atoms with Gasteiger partial charge in [0.25, 0.3) is 0 Å². The molecule has 0 saturated heterocycles. The smallest absolute Gasteiger partial charge is 0.224 e. The molecule has 0 radical (unpaired) electrons. The van der Waals surface area contributed by atoms with E-state index in [1.54, 1.807) is 24.5 Å². The van der Waals surface area contributed by atoms with Gasteiger partial charge in [0.2, 0.25) is 5.91 Å². The van der Waals surface area contributed by atoms with Crippen molar-refractivity contribution in [3.05, 3.63) is 46.3 Å². The third kappa shape index (κ3) is 3.66. The Morgan fingerprint density at radius 2 is 2.00 bits per heavy atom. The molecule has 0 fully saturated rings. The summed E-state index contributed by atoms with van der Waals surface area (Å²) in [6.07, 6.45) is 2.43. The first-order valence-electron chi connectivity index (χ1n) is 5.63. The average molecular weight is 299 g/mol. The number of rotatable bonds is 4. The molecule has 1 heterocycles. The monoisotopic (exact) mass is 298 g/mol. The van der Waals surface area contributed by atoms with Gasteiger partial charge in [-0.2, -0.15) is 0 Å². The van der Waals surface area contributed by atoms with Gasteiger partial charge in [0.15, 0.2) is 0 Å². The quantitative estimate of drug-likeness (QED) is 0.845. The zero-order valence-electron chi connectivity index (χ0n) is 9.95. The number of aryl methyl sites for hydroxylation is 1. The first-order chi connectivity index (χ1) is 9.06. The molecule has 3 N–H and O–H groups in total. The van der Waals surface area contributed by atoms with Crippen LogP contribution in [0.4, 0.5) is 11.4 Å². The first kappa shape index (κ1) is 13.8. The summed E-state index contributed by atoms with van der Waals surface area (Å²) in [6.45, 7) is 0. The lowest BCUT2D eigenvalue weighted by molar-refractivity contribution is -0.116. The van der Waals surface area contributed by atoms with Crippen LogP contribution in [0, 0.1) is 0 Å². The highest BCUT2D eigenvalue weighted by atomic mass is 35.5. The number of benzene rings is 1. The van der Waals surface area contributed by atoms with Gasteiger partial charge >= 0.3 is 0 Å². The van der Waals surface area contributed by atoms with Gasteiger partial charge in [-0.25, -0.2) is 0 Å². The van der Waals surface area contributed by atoms with Crippen molar-refractivity contribution in [1.29, 1.82) is 0 Å². The standard InChI is InChI=1S/C13H12Cl2N2O2/c14-10-6-8(7-11(15)13(10)16)17-12(18)4-3-9-2-1-5-19-9/h1-2,5-7H,3-4,16H2,(H,17,18). The van der Waals surface area contributed by atoms with Gasteiger partial charge in [-0.1, -0.05) is 23.2 Å². The maximum absolute atomic E-state index is 11.7. The third-order valence-electron chi connectivity index (χ3n) is 2.54. The van der Waals surface area contributed by atoms with Crippen molar-refractivity contribution in [3.63, 3.8) is 0 Å². The predicted molar refractivity (Wildman–Crippen MR) is 76.5 cm³/mol. The number of furan rings is 1. The van der Waals surface area contributed by atoms with E-state index in [1.807, 2.05) is 6.07 Å². The molecule has 0 unspecified atom stereocenters. The van der Waals surface area contributed by atoms with Crippen molar-refractivity contribution < 1.29 is 9.21 Å². The minimum absolute atomic E-state index is 0.145. The van der Waals surface area contributed by atoms with Crippen LogP contribution in [0.25, 0.3) is 0 Å². The van der Waals surface area contributed by atoms with Crippen LogP contribution in [0.5, 0.6) is 0 Å². The molecule has 6 heteroatoms. The summed E-state index contributed by atoms with van der Waals surface area (Å²) in [5.74, 6) is 0.622. The fraction of sp³-hybridized carbons (Fsp3) is 0.154. The Labute approximate surface area is 120 Å². The Balaban J connectivity index is 1.95. The third-order valence-corrected chi connectivity index (χ3v) is 3.17. The molecule has 1 amide bonds. The van der Waals surface area contributed by atoms with E-state index in [4.69, 9.17) is 33.4 Å². The molecular weight excluding hydrogens is 287 g/mol. The normalized spacial score (nSPS) is 10.4. The van der Waals surface area contributed by atoms with E-state index < -0.39 is 0 Å². The number of amides is 1.